The van der Waals surface area contributed by atoms with E-state index in [1.807, 2.05) is 42.5 Å². The van der Waals surface area contributed by atoms with Crippen molar-refractivity contribution in [1.82, 2.24) is 0 Å². The predicted molar refractivity (Wildman–Crippen MR) is 104 cm³/mol. The number of hydrogen-bond acceptors (Lipinski definition) is 3. The molecule has 0 aliphatic carbocycles. The Morgan fingerprint density at radius 3 is 2.21 bits per heavy atom. The molecule has 0 heterocycles. The van der Waals surface area contributed by atoms with E-state index < -0.39 is 0 Å². The normalized spacial score (nSPS) is 10.5. The van der Waals surface area contributed by atoms with E-state index >= 15 is 0 Å². The standard InChI is InChI=1S/C19H15Cl2NOS/c1-23-19-8-7-14(13-5-3-2-4-6-13)9-18(19)22-24-17-11-15(20)10-16(21)12-17/h2-12,22H,1H3. The van der Waals surface area contributed by atoms with Crippen molar-refractivity contribution in [3.05, 3.63) is 76.8 Å². The molecule has 0 aliphatic heterocycles. The van der Waals surface area contributed by atoms with Crippen LogP contribution in [0.5, 0.6) is 5.75 Å². The van der Waals surface area contributed by atoms with Crippen molar-refractivity contribution < 1.29 is 4.74 Å². The van der Waals surface area contributed by atoms with Crippen molar-refractivity contribution >= 4 is 40.8 Å². The first-order chi connectivity index (χ1) is 11.7. The molecule has 122 valence electrons. The van der Waals surface area contributed by atoms with Crippen LogP contribution in [0.15, 0.2) is 71.6 Å². The van der Waals surface area contributed by atoms with E-state index in [1.54, 1.807) is 13.2 Å². The quantitative estimate of drug-likeness (QED) is 0.496. The number of halogens is 2. The van der Waals surface area contributed by atoms with Gasteiger partial charge in [-0.1, -0.05) is 59.6 Å². The third-order valence-electron chi connectivity index (χ3n) is 3.42. The molecule has 0 saturated heterocycles. The Kier molecular flexibility index (Phi) is 5.56. The summed E-state index contributed by atoms with van der Waals surface area (Å²) in [5.74, 6) is 0.773. The van der Waals surface area contributed by atoms with Gasteiger partial charge in [-0.15, -0.1) is 0 Å². The molecular formula is C19H15Cl2NOS. The summed E-state index contributed by atoms with van der Waals surface area (Å²) in [4.78, 5) is 0.930. The summed E-state index contributed by atoms with van der Waals surface area (Å²) < 4.78 is 8.76. The van der Waals surface area contributed by atoms with Gasteiger partial charge < -0.3 is 9.46 Å². The molecule has 0 aromatic heterocycles. The Labute approximate surface area is 155 Å². The molecule has 0 saturated carbocycles. The van der Waals surface area contributed by atoms with E-state index in [9.17, 15) is 0 Å². The molecular weight excluding hydrogens is 361 g/mol. The highest BCUT2D eigenvalue weighted by Crippen LogP contribution is 2.34. The van der Waals surface area contributed by atoms with Gasteiger partial charge >= 0.3 is 0 Å². The van der Waals surface area contributed by atoms with Gasteiger partial charge in [0.2, 0.25) is 0 Å². The molecule has 3 rings (SSSR count). The molecule has 5 heteroatoms. The van der Waals surface area contributed by atoms with Gasteiger partial charge in [0.1, 0.15) is 5.75 Å². The van der Waals surface area contributed by atoms with Crippen LogP contribution in [-0.2, 0) is 0 Å². The van der Waals surface area contributed by atoms with Gasteiger partial charge in [0.25, 0.3) is 0 Å². The van der Waals surface area contributed by atoms with Crippen LogP contribution in [0.2, 0.25) is 10.0 Å². The summed E-state index contributed by atoms with van der Waals surface area (Å²) in [5.41, 5.74) is 3.16. The number of anilines is 1. The van der Waals surface area contributed by atoms with E-state index in [2.05, 4.69) is 22.9 Å². The minimum absolute atomic E-state index is 0.608. The largest absolute Gasteiger partial charge is 0.495 e. The Hall–Kier alpha value is -1.81. The maximum atomic E-state index is 6.05. The van der Waals surface area contributed by atoms with Gasteiger partial charge in [0, 0.05) is 14.9 Å². The van der Waals surface area contributed by atoms with E-state index in [4.69, 9.17) is 27.9 Å². The van der Waals surface area contributed by atoms with E-state index in [-0.39, 0.29) is 0 Å². The van der Waals surface area contributed by atoms with Crippen molar-refractivity contribution in [2.75, 3.05) is 11.8 Å². The highest BCUT2D eigenvalue weighted by Gasteiger charge is 2.07. The van der Waals surface area contributed by atoms with Crippen LogP contribution in [0.25, 0.3) is 11.1 Å². The molecule has 0 unspecified atom stereocenters. The lowest BCUT2D eigenvalue weighted by atomic mass is 10.1. The third-order valence-corrected chi connectivity index (χ3v) is 4.65. The summed E-state index contributed by atoms with van der Waals surface area (Å²) in [6.07, 6.45) is 0. The van der Waals surface area contributed by atoms with Crippen LogP contribution in [0.1, 0.15) is 0 Å². The van der Waals surface area contributed by atoms with Crippen molar-refractivity contribution in [3.8, 4) is 16.9 Å². The average Bonchev–Trinajstić information content (AvgIpc) is 2.59. The van der Waals surface area contributed by atoms with Gasteiger partial charge in [-0.25, -0.2) is 0 Å². The lowest BCUT2D eigenvalue weighted by molar-refractivity contribution is 0.417. The second-order valence-corrected chi connectivity index (χ2v) is 6.84. The smallest absolute Gasteiger partial charge is 0.142 e. The second-order valence-electron chi connectivity index (χ2n) is 5.09. The second kappa shape index (κ2) is 7.84. The average molecular weight is 376 g/mol. The summed E-state index contributed by atoms with van der Waals surface area (Å²) in [7, 11) is 1.66. The van der Waals surface area contributed by atoms with Gasteiger partial charge in [-0.05, 0) is 53.4 Å². The first kappa shape index (κ1) is 17.0. The van der Waals surface area contributed by atoms with Crippen molar-refractivity contribution in [2.24, 2.45) is 0 Å². The lowest BCUT2D eigenvalue weighted by Crippen LogP contribution is -1.93. The number of benzene rings is 3. The number of nitrogens with one attached hydrogen (secondary N) is 1. The maximum absolute atomic E-state index is 6.05. The van der Waals surface area contributed by atoms with Crippen molar-refractivity contribution in [2.45, 2.75) is 4.90 Å². The Morgan fingerprint density at radius 1 is 0.833 bits per heavy atom. The van der Waals surface area contributed by atoms with Crippen LogP contribution >= 0.6 is 35.1 Å². The molecule has 0 spiro atoms. The molecule has 1 N–H and O–H groups in total. The van der Waals surface area contributed by atoms with Crippen LogP contribution in [0, 0.1) is 0 Å². The number of rotatable bonds is 5. The summed E-state index contributed by atoms with van der Waals surface area (Å²) >= 11 is 13.5. The molecule has 0 atom stereocenters. The minimum Gasteiger partial charge on any atom is -0.495 e. The molecule has 3 aromatic carbocycles. The topological polar surface area (TPSA) is 21.3 Å². The van der Waals surface area contributed by atoms with Crippen molar-refractivity contribution in [3.63, 3.8) is 0 Å². The SMILES string of the molecule is COc1ccc(-c2ccccc2)cc1NSc1cc(Cl)cc(Cl)c1. The first-order valence-electron chi connectivity index (χ1n) is 7.28. The lowest BCUT2D eigenvalue weighted by Gasteiger charge is -2.13. The van der Waals surface area contributed by atoms with Gasteiger partial charge in [0.05, 0.1) is 12.8 Å². The van der Waals surface area contributed by atoms with Crippen LogP contribution in [0.4, 0.5) is 5.69 Å². The summed E-state index contributed by atoms with van der Waals surface area (Å²) in [6.45, 7) is 0. The monoisotopic (exact) mass is 375 g/mol. The predicted octanol–water partition coefficient (Wildman–Crippen LogP) is 6.79. The Balaban J connectivity index is 1.86. The van der Waals surface area contributed by atoms with Gasteiger partial charge in [0.15, 0.2) is 0 Å². The maximum Gasteiger partial charge on any atom is 0.142 e. The van der Waals surface area contributed by atoms with E-state index in [1.165, 1.54) is 11.9 Å². The number of ether oxygens (including phenoxy) is 1. The van der Waals surface area contributed by atoms with Gasteiger partial charge in [-0.3, -0.25) is 0 Å². The third kappa shape index (κ3) is 4.18. The molecule has 0 radical (unpaired) electrons. The summed E-state index contributed by atoms with van der Waals surface area (Å²) in [6, 6.07) is 21.7. The number of hydrogen-bond donors (Lipinski definition) is 1. The number of methoxy groups -OCH3 is 1. The molecule has 2 nitrogen and oxygen atoms in total. The molecule has 0 aliphatic rings. The van der Waals surface area contributed by atoms with Crippen LogP contribution in [0.3, 0.4) is 0 Å². The first-order valence-corrected chi connectivity index (χ1v) is 8.85. The molecule has 0 amide bonds. The fourth-order valence-electron chi connectivity index (χ4n) is 2.30. The minimum atomic E-state index is 0.608. The highest BCUT2D eigenvalue weighted by atomic mass is 35.5. The fourth-order valence-corrected chi connectivity index (χ4v) is 3.71. The molecule has 0 bridgehead atoms. The van der Waals surface area contributed by atoms with Crippen molar-refractivity contribution in [1.29, 1.82) is 0 Å². The molecule has 3 aromatic rings. The zero-order valence-corrected chi connectivity index (χ0v) is 15.3. The molecule has 24 heavy (non-hydrogen) atoms. The zero-order chi connectivity index (χ0) is 16.9. The Bertz CT molecular complexity index is 820. The van der Waals surface area contributed by atoms with E-state index in [0.29, 0.717) is 10.0 Å². The van der Waals surface area contributed by atoms with Crippen LogP contribution < -0.4 is 9.46 Å². The fraction of sp³-hybridized carbons (Fsp3) is 0.0526. The molecule has 0 fully saturated rings. The Morgan fingerprint density at radius 2 is 1.54 bits per heavy atom. The van der Waals surface area contributed by atoms with Gasteiger partial charge in [-0.2, -0.15) is 0 Å². The van der Waals surface area contributed by atoms with E-state index in [0.717, 1.165) is 27.5 Å². The summed E-state index contributed by atoms with van der Waals surface area (Å²) in [5, 5.41) is 1.22. The van der Waals surface area contributed by atoms with Crippen LogP contribution in [-0.4, -0.2) is 7.11 Å². The zero-order valence-electron chi connectivity index (χ0n) is 12.9. The highest BCUT2D eigenvalue weighted by molar-refractivity contribution is 8.00.